The topological polar surface area (TPSA) is 149 Å². The van der Waals surface area contributed by atoms with Gasteiger partial charge in [-0.25, -0.2) is 9.97 Å². The van der Waals surface area contributed by atoms with Crippen molar-refractivity contribution in [3.05, 3.63) is 89.1 Å². The van der Waals surface area contributed by atoms with E-state index in [9.17, 15) is 19.2 Å². The highest BCUT2D eigenvalue weighted by Crippen LogP contribution is 2.48. The van der Waals surface area contributed by atoms with Gasteiger partial charge in [-0.05, 0) is 109 Å². The summed E-state index contributed by atoms with van der Waals surface area (Å²) in [6, 6.07) is 20.9. The van der Waals surface area contributed by atoms with Gasteiger partial charge in [0, 0.05) is 18.8 Å². The minimum Gasteiger partial charge on any atom is -0.469 e. The summed E-state index contributed by atoms with van der Waals surface area (Å²) in [4.78, 5) is 68.6. The molecule has 0 radical (unpaired) electrons. The monoisotopic (exact) mass is 887 g/mol. The highest BCUT2D eigenvalue weighted by molar-refractivity contribution is 5.85. The molecule has 0 bridgehead atoms. The van der Waals surface area contributed by atoms with Gasteiger partial charge < -0.3 is 33.0 Å². The van der Waals surface area contributed by atoms with Crippen LogP contribution in [0.4, 0.5) is 5.69 Å². The summed E-state index contributed by atoms with van der Waals surface area (Å²) in [5.41, 5.74) is 7.47. The number of hydrogen-bond donors (Lipinski definition) is 0. The minimum absolute atomic E-state index is 0.000841. The first-order valence-electron chi connectivity index (χ1n) is 23.5. The molecule has 13 heteroatoms. The Labute approximate surface area is 382 Å². The highest BCUT2D eigenvalue weighted by atomic mass is 16.5. The first kappa shape index (κ1) is 45.8. The van der Waals surface area contributed by atoms with Gasteiger partial charge in [0.2, 0.25) is 23.6 Å². The highest BCUT2D eigenvalue weighted by Gasteiger charge is 2.41. The number of esters is 2. The lowest BCUT2D eigenvalue weighted by Gasteiger charge is -2.34. The zero-order valence-corrected chi connectivity index (χ0v) is 39.5. The summed E-state index contributed by atoms with van der Waals surface area (Å²) in [6.45, 7) is 15.7. The fourth-order valence-electron chi connectivity index (χ4n) is 10.3. The molecule has 0 aliphatic carbocycles. The third kappa shape index (κ3) is 9.25. The molecule has 3 aromatic carbocycles. The molecule has 3 aliphatic heterocycles. The van der Waals surface area contributed by atoms with Crippen molar-refractivity contribution in [2.45, 2.75) is 129 Å². The van der Waals surface area contributed by atoms with Crippen molar-refractivity contribution in [1.82, 2.24) is 19.8 Å². The van der Waals surface area contributed by atoms with Gasteiger partial charge in [-0.2, -0.15) is 0 Å². The van der Waals surface area contributed by atoms with Gasteiger partial charge in [-0.1, -0.05) is 72.7 Å². The number of carbonyl (C=O) groups is 4. The third-order valence-electron chi connectivity index (χ3n) is 14.2. The summed E-state index contributed by atoms with van der Waals surface area (Å²) in [6.07, 6.45) is 5.00. The molecule has 0 unspecified atom stereocenters. The number of nitrogens with zero attached hydrogens (tertiary/aromatic N) is 5. The SMILES string of the molecule is COC(=O)C[C@H](C(=O)N1CCC[C@H]1c1nc2cc([C@H]3CC[C@H](c4ccc5oc([C@@H]6CCCN6C(=O)[C@@H](CC(=O)OC)C(C)C)nc5c4)N3c3ccc(C(C)(C)C)cc3)ccc2o1)C(C)C. The standard InChI is InChI=1S/C52H65N5O8/c1-30(2)36(28-46(58)62-8)50(60)55-24-10-12-42(55)48-53-38-26-32(14-22-44(38)64-48)40-20-21-41(57(40)35-18-16-34(17-19-35)52(5,6)7)33-15-23-45-39(27-33)54-49(65-45)43-13-11-25-56(43)51(61)37(31(3)4)29-47(59)63-9/h14-19,22-23,26-27,30-31,36-37,40-43H,10-13,20-21,24-25,28-29H2,1-9H3/t36-,37-,40+,41+,42-,43-/m0/s1. The van der Waals surface area contributed by atoms with Gasteiger partial charge >= 0.3 is 11.9 Å². The van der Waals surface area contributed by atoms with Crippen LogP contribution in [-0.2, 0) is 34.1 Å². The van der Waals surface area contributed by atoms with Crippen molar-refractivity contribution in [3.63, 3.8) is 0 Å². The lowest BCUT2D eigenvalue weighted by Crippen LogP contribution is -2.39. The number of anilines is 1. The number of ether oxygens (including phenoxy) is 2. The number of rotatable bonds is 13. The zero-order valence-electron chi connectivity index (χ0n) is 39.5. The van der Waals surface area contributed by atoms with E-state index >= 15 is 0 Å². The second kappa shape index (κ2) is 18.6. The number of likely N-dealkylation sites (tertiary alicyclic amines) is 2. The molecule has 5 aromatic rings. The molecule has 3 aliphatic rings. The van der Waals surface area contributed by atoms with Crippen LogP contribution < -0.4 is 4.90 Å². The molecule has 13 nitrogen and oxygen atoms in total. The second-order valence-electron chi connectivity index (χ2n) is 20.0. The van der Waals surface area contributed by atoms with E-state index in [1.165, 1.54) is 19.8 Å². The summed E-state index contributed by atoms with van der Waals surface area (Å²) in [5.74, 6) is -0.900. The Morgan fingerprint density at radius 2 is 1.06 bits per heavy atom. The van der Waals surface area contributed by atoms with E-state index in [0.717, 1.165) is 66.4 Å². The largest absolute Gasteiger partial charge is 0.469 e. The van der Waals surface area contributed by atoms with Gasteiger partial charge in [-0.15, -0.1) is 0 Å². The molecule has 2 aromatic heterocycles. The maximum absolute atomic E-state index is 13.9. The van der Waals surface area contributed by atoms with Gasteiger partial charge in [-0.3, -0.25) is 19.2 Å². The van der Waals surface area contributed by atoms with Gasteiger partial charge in [0.05, 0.1) is 51.0 Å². The van der Waals surface area contributed by atoms with Crippen LogP contribution in [0.25, 0.3) is 22.2 Å². The second-order valence-corrected chi connectivity index (χ2v) is 20.0. The third-order valence-corrected chi connectivity index (χ3v) is 14.2. The van der Waals surface area contributed by atoms with E-state index in [4.69, 9.17) is 28.3 Å². The lowest BCUT2D eigenvalue weighted by atomic mass is 9.87. The zero-order chi connectivity index (χ0) is 46.3. The molecule has 6 atom stereocenters. The minimum atomic E-state index is -0.485. The molecule has 2 amide bonds. The number of fused-ring (bicyclic) bond motifs is 2. The molecule has 0 spiro atoms. The quantitative estimate of drug-likeness (QED) is 0.104. The number of benzene rings is 3. The number of oxazole rings is 2. The number of aromatic nitrogens is 2. The van der Waals surface area contributed by atoms with E-state index < -0.39 is 11.8 Å². The molecule has 5 heterocycles. The summed E-state index contributed by atoms with van der Waals surface area (Å²) >= 11 is 0. The first-order valence-corrected chi connectivity index (χ1v) is 23.5. The molecule has 0 N–H and O–H groups in total. The molecule has 3 fully saturated rings. The predicted molar refractivity (Wildman–Crippen MR) is 248 cm³/mol. The number of amides is 2. The van der Waals surface area contributed by atoms with Gasteiger partial charge in [0.15, 0.2) is 11.2 Å². The van der Waals surface area contributed by atoms with E-state index in [1.54, 1.807) is 0 Å². The van der Waals surface area contributed by atoms with Crippen molar-refractivity contribution >= 4 is 51.6 Å². The number of methoxy groups -OCH3 is 2. The summed E-state index contributed by atoms with van der Waals surface area (Å²) in [7, 11) is 2.71. The molecule has 3 saturated heterocycles. The normalized spacial score (nSPS) is 21.2. The van der Waals surface area contributed by atoms with Crippen LogP contribution in [0.2, 0.25) is 0 Å². The molecule has 8 rings (SSSR count). The maximum atomic E-state index is 13.9. The average Bonchev–Trinajstić information content (AvgIpc) is 4.14. The maximum Gasteiger partial charge on any atom is 0.306 e. The molecular formula is C52H65N5O8. The Bertz CT molecular complexity index is 2390. The van der Waals surface area contributed by atoms with E-state index in [-0.39, 0.29) is 78.0 Å². The summed E-state index contributed by atoms with van der Waals surface area (Å²) in [5, 5.41) is 0. The molecule has 65 heavy (non-hydrogen) atoms. The Morgan fingerprint density at radius 3 is 1.45 bits per heavy atom. The van der Waals surface area contributed by atoms with E-state index in [0.29, 0.717) is 36.0 Å². The van der Waals surface area contributed by atoms with Crippen molar-refractivity contribution in [2.24, 2.45) is 23.7 Å². The first-order chi connectivity index (χ1) is 31.1. The lowest BCUT2D eigenvalue weighted by molar-refractivity contribution is -0.148. The average molecular weight is 888 g/mol. The van der Waals surface area contributed by atoms with Gasteiger partial charge in [0.25, 0.3) is 0 Å². The van der Waals surface area contributed by atoms with E-state index in [2.05, 4.69) is 74.2 Å². The Morgan fingerprint density at radius 1 is 0.631 bits per heavy atom. The van der Waals surface area contributed by atoms with Crippen LogP contribution in [0.5, 0.6) is 0 Å². The Kier molecular flexibility index (Phi) is 13.1. The molecule has 346 valence electrons. The van der Waals surface area contributed by atoms with Crippen molar-refractivity contribution in [1.29, 1.82) is 0 Å². The number of hydrogen-bond acceptors (Lipinski definition) is 11. The number of carbonyl (C=O) groups excluding carboxylic acids is 4. The van der Waals surface area contributed by atoms with Crippen LogP contribution >= 0.6 is 0 Å². The fourth-order valence-corrected chi connectivity index (χ4v) is 10.3. The van der Waals surface area contributed by atoms with Gasteiger partial charge in [0.1, 0.15) is 23.1 Å². The van der Waals surface area contributed by atoms with Crippen LogP contribution in [0.15, 0.2) is 69.5 Å². The van der Waals surface area contributed by atoms with Crippen LogP contribution in [-0.4, -0.2) is 70.8 Å². The molecule has 0 saturated carbocycles. The Balaban J connectivity index is 1.09. The van der Waals surface area contributed by atoms with Crippen LogP contribution in [0.1, 0.15) is 152 Å². The fraction of sp³-hybridized carbons (Fsp3) is 0.538. The van der Waals surface area contributed by atoms with Crippen molar-refractivity contribution in [2.75, 3.05) is 32.2 Å². The van der Waals surface area contributed by atoms with E-state index in [1.807, 2.05) is 49.6 Å². The smallest absolute Gasteiger partial charge is 0.306 e. The van der Waals surface area contributed by atoms with Crippen LogP contribution in [0.3, 0.4) is 0 Å². The Hall–Kier alpha value is -5.72. The van der Waals surface area contributed by atoms with Crippen LogP contribution in [0, 0.1) is 23.7 Å². The predicted octanol–water partition coefficient (Wildman–Crippen LogP) is 10.3. The van der Waals surface area contributed by atoms with Crippen molar-refractivity contribution < 1.29 is 37.5 Å². The summed E-state index contributed by atoms with van der Waals surface area (Å²) < 4.78 is 22.7. The molecular weight excluding hydrogens is 823 g/mol. The van der Waals surface area contributed by atoms with Crippen molar-refractivity contribution in [3.8, 4) is 0 Å².